The van der Waals surface area contributed by atoms with E-state index in [9.17, 15) is 9.59 Å². The van der Waals surface area contributed by atoms with Crippen molar-refractivity contribution in [3.05, 3.63) is 47.0 Å². The van der Waals surface area contributed by atoms with E-state index in [1.807, 2.05) is 28.8 Å². The highest BCUT2D eigenvalue weighted by Gasteiger charge is 2.24. The van der Waals surface area contributed by atoms with Crippen molar-refractivity contribution in [2.24, 2.45) is 0 Å². The predicted octanol–water partition coefficient (Wildman–Crippen LogP) is 3.20. The van der Waals surface area contributed by atoms with Gasteiger partial charge in [0.25, 0.3) is 5.56 Å². The number of carbonyl (C=O) groups is 1. The van der Waals surface area contributed by atoms with Crippen LogP contribution < -0.4 is 10.9 Å². The third-order valence-corrected chi connectivity index (χ3v) is 6.69. The molecule has 1 aliphatic rings. The average molecular weight is 424 g/mol. The van der Waals surface area contributed by atoms with Crippen molar-refractivity contribution in [2.75, 3.05) is 13.1 Å². The molecule has 1 fully saturated rings. The van der Waals surface area contributed by atoms with E-state index in [-0.39, 0.29) is 18.0 Å². The van der Waals surface area contributed by atoms with E-state index in [2.05, 4.69) is 29.0 Å². The molecule has 0 aliphatic heterocycles. The number of rotatable bonds is 8. The summed E-state index contributed by atoms with van der Waals surface area (Å²) in [4.78, 5) is 32.7. The Labute approximate surface area is 183 Å². The zero-order valence-corrected chi connectivity index (χ0v) is 18.6. The Morgan fingerprint density at radius 2 is 2.00 bits per heavy atom. The van der Waals surface area contributed by atoms with Crippen molar-refractivity contribution in [2.45, 2.75) is 71.0 Å². The molecule has 31 heavy (non-hydrogen) atoms. The first-order chi connectivity index (χ1) is 15.1. The van der Waals surface area contributed by atoms with Crippen LogP contribution in [-0.4, -0.2) is 49.9 Å². The quantitative estimate of drug-likeness (QED) is 0.604. The van der Waals surface area contributed by atoms with Gasteiger partial charge in [-0.05, 0) is 50.5 Å². The topological polar surface area (TPSA) is 71.6 Å². The molecular formula is C24H33N5O2. The Balaban J connectivity index is 1.45. The lowest BCUT2D eigenvalue weighted by atomic mass is 9.93. The van der Waals surface area contributed by atoms with Crippen LogP contribution in [0, 0.1) is 0 Å². The van der Waals surface area contributed by atoms with Gasteiger partial charge >= 0.3 is 0 Å². The minimum Gasteiger partial charge on any atom is -0.353 e. The molecule has 0 aromatic carbocycles. The van der Waals surface area contributed by atoms with Crippen LogP contribution in [0.25, 0.3) is 16.7 Å². The van der Waals surface area contributed by atoms with Crippen LogP contribution in [0.1, 0.15) is 52.4 Å². The molecule has 166 valence electrons. The van der Waals surface area contributed by atoms with Crippen molar-refractivity contribution in [3.63, 3.8) is 0 Å². The van der Waals surface area contributed by atoms with Gasteiger partial charge in [-0.25, -0.2) is 4.98 Å². The normalized spacial score (nSPS) is 16.2. The van der Waals surface area contributed by atoms with E-state index in [4.69, 9.17) is 0 Å². The number of hydrogen-bond acceptors (Lipinski definition) is 4. The highest BCUT2D eigenvalue weighted by Crippen LogP contribution is 2.24. The molecule has 1 aliphatic carbocycles. The van der Waals surface area contributed by atoms with Crippen LogP contribution in [0.15, 0.2) is 41.5 Å². The number of pyridine rings is 1. The van der Waals surface area contributed by atoms with E-state index in [0.717, 1.165) is 18.5 Å². The molecule has 4 rings (SSSR count). The van der Waals surface area contributed by atoms with Crippen molar-refractivity contribution in [1.29, 1.82) is 0 Å². The first-order valence-corrected chi connectivity index (χ1v) is 11.6. The highest BCUT2D eigenvalue weighted by atomic mass is 16.2. The predicted molar refractivity (Wildman–Crippen MR) is 123 cm³/mol. The van der Waals surface area contributed by atoms with E-state index in [1.165, 1.54) is 36.7 Å². The Kier molecular flexibility index (Phi) is 6.70. The summed E-state index contributed by atoms with van der Waals surface area (Å²) in [6.07, 6.45) is 11.1. The molecular weight excluding hydrogens is 390 g/mol. The van der Waals surface area contributed by atoms with Crippen molar-refractivity contribution in [1.82, 2.24) is 24.2 Å². The third-order valence-electron chi connectivity index (χ3n) is 6.69. The Morgan fingerprint density at radius 3 is 2.77 bits per heavy atom. The van der Waals surface area contributed by atoms with Crippen LogP contribution in [0.4, 0.5) is 0 Å². The first-order valence-electron chi connectivity index (χ1n) is 11.6. The van der Waals surface area contributed by atoms with Crippen molar-refractivity contribution >= 4 is 22.6 Å². The molecule has 0 radical (unpaired) electrons. The first kappa shape index (κ1) is 21.6. The van der Waals surface area contributed by atoms with Gasteiger partial charge in [0.05, 0.1) is 5.52 Å². The summed E-state index contributed by atoms with van der Waals surface area (Å²) in [6, 6.07) is 8.49. The fraction of sp³-hybridized carbons (Fsp3) is 0.542. The van der Waals surface area contributed by atoms with Gasteiger partial charge in [0.1, 0.15) is 12.1 Å². The maximum Gasteiger partial charge on any atom is 0.276 e. The molecule has 1 saturated carbocycles. The lowest BCUT2D eigenvalue weighted by Crippen LogP contribution is -2.47. The third kappa shape index (κ3) is 4.51. The maximum absolute atomic E-state index is 13.0. The van der Waals surface area contributed by atoms with Gasteiger partial charge in [-0.1, -0.05) is 26.2 Å². The summed E-state index contributed by atoms with van der Waals surface area (Å²) in [6.45, 7) is 5.91. The van der Waals surface area contributed by atoms with Gasteiger partial charge in [-0.2, -0.15) is 0 Å². The number of nitrogens with zero attached hydrogens (tertiary/aromatic N) is 4. The molecule has 0 spiro atoms. The van der Waals surface area contributed by atoms with Crippen LogP contribution in [0.2, 0.25) is 0 Å². The standard InChI is InChI=1S/C24H33N5O2/c1-3-18(2)27(19-9-5-4-6-10-19)16-14-25-22(30)17-29-23-20(11-7-13-26-23)28-15-8-12-21(28)24(29)31/h7-8,11-13,15,18-19H,3-6,9-10,14,16-17H2,1-2H3,(H,25,30). The minimum absolute atomic E-state index is 0.0270. The van der Waals surface area contributed by atoms with Gasteiger partial charge < -0.3 is 9.72 Å². The molecule has 3 aromatic heterocycles. The zero-order chi connectivity index (χ0) is 21.8. The smallest absolute Gasteiger partial charge is 0.276 e. The van der Waals surface area contributed by atoms with Gasteiger partial charge in [0.2, 0.25) is 5.91 Å². The molecule has 3 heterocycles. The Bertz CT molecular complexity index is 1100. The minimum atomic E-state index is -0.199. The Morgan fingerprint density at radius 1 is 1.23 bits per heavy atom. The van der Waals surface area contributed by atoms with Crippen LogP contribution in [-0.2, 0) is 11.3 Å². The average Bonchev–Trinajstić information content (AvgIpc) is 3.30. The second kappa shape index (κ2) is 9.64. The molecule has 3 aromatic rings. The molecule has 0 saturated heterocycles. The Hall–Kier alpha value is -2.67. The maximum atomic E-state index is 13.0. The largest absolute Gasteiger partial charge is 0.353 e. The summed E-state index contributed by atoms with van der Waals surface area (Å²) in [5.41, 5.74) is 1.69. The van der Waals surface area contributed by atoms with E-state index >= 15 is 0 Å². The SMILES string of the molecule is CCC(C)N(CCNC(=O)Cn1c(=O)c2cccn2c2cccnc21)C1CCCCC1. The molecule has 7 nitrogen and oxygen atoms in total. The highest BCUT2D eigenvalue weighted by molar-refractivity contribution is 5.80. The van der Waals surface area contributed by atoms with E-state index < -0.39 is 0 Å². The second-order valence-electron chi connectivity index (χ2n) is 8.64. The summed E-state index contributed by atoms with van der Waals surface area (Å²) in [5, 5.41) is 3.04. The number of hydrogen-bond donors (Lipinski definition) is 1. The monoisotopic (exact) mass is 423 g/mol. The summed E-state index contributed by atoms with van der Waals surface area (Å²) < 4.78 is 3.31. The van der Waals surface area contributed by atoms with Gasteiger partial charge in [0, 0.05) is 37.6 Å². The molecule has 1 N–H and O–H groups in total. The van der Waals surface area contributed by atoms with Crippen LogP contribution >= 0.6 is 0 Å². The van der Waals surface area contributed by atoms with Crippen molar-refractivity contribution < 1.29 is 4.79 Å². The van der Waals surface area contributed by atoms with Gasteiger partial charge in [-0.15, -0.1) is 0 Å². The van der Waals surface area contributed by atoms with Crippen LogP contribution in [0.5, 0.6) is 0 Å². The lowest BCUT2D eigenvalue weighted by Gasteiger charge is -2.38. The van der Waals surface area contributed by atoms with Crippen molar-refractivity contribution in [3.8, 4) is 0 Å². The summed E-state index contributed by atoms with van der Waals surface area (Å²) >= 11 is 0. The molecule has 1 amide bonds. The second-order valence-corrected chi connectivity index (χ2v) is 8.64. The fourth-order valence-electron chi connectivity index (χ4n) is 4.86. The number of amides is 1. The fourth-order valence-corrected chi connectivity index (χ4v) is 4.86. The van der Waals surface area contributed by atoms with E-state index in [0.29, 0.717) is 29.8 Å². The van der Waals surface area contributed by atoms with E-state index in [1.54, 1.807) is 12.3 Å². The zero-order valence-electron chi connectivity index (χ0n) is 18.6. The number of nitrogens with one attached hydrogen (secondary N) is 1. The summed E-state index contributed by atoms with van der Waals surface area (Å²) in [5.74, 6) is -0.155. The lowest BCUT2D eigenvalue weighted by molar-refractivity contribution is -0.121. The summed E-state index contributed by atoms with van der Waals surface area (Å²) in [7, 11) is 0. The number of fused-ring (bicyclic) bond motifs is 3. The number of carbonyl (C=O) groups excluding carboxylic acids is 1. The molecule has 0 bridgehead atoms. The number of aromatic nitrogens is 3. The van der Waals surface area contributed by atoms with Crippen LogP contribution in [0.3, 0.4) is 0 Å². The molecule has 1 atom stereocenters. The molecule has 1 unspecified atom stereocenters. The molecule has 7 heteroatoms. The van der Waals surface area contributed by atoms with Gasteiger partial charge in [-0.3, -0.25) is 19.1 Å². The van der Waals surface area contributed by atoms with Gasteiger partial charge in [0.15, 0.2) is 5.65 Å².